The average Bonchev–Trinajstić information content (AvgIpc) is 3.62. The lowest BCUT2D eigenvalue weighted by molar-refractivity contribution is 1.07. The summed E-state index contributed by atoms with van der Waals surface area (Å²) in [5.41, 5.74) is 2.88. The number of nitrogens with zero attached hydrogens (tertiary/aromatic N) is 3. The van der Waals surface area contributed by atoms with E-state index in [2.05, 4.69) is 140 Å². The van der Waals surface area contributed by atoms with E-state index in [0.717, 1.165) is 16.7 Å². The third-order valence-corrected chi connectivity index (χ3v) is 12.4. The number of hydrogen-bond acceptors (Lipinski definition) is 4. The van der Waals surface area contributed by atoms with Crippen LogP contribution in [0.4, 0.5) is 0 Å². The molecule has 0 radical (unpaired) electrons. The van der Waals surface area contributed by atoms with E-state index in [9.17, 15) is 0 Å². The molecule has 0 amide bonds. The summed E-state index contributed by atoms with van der Waals surface area (Å²) >= 11 is 1.90. The van der Waals surface area contributed by atoms with Crippen molar-refractivity contribution >= 4 is 96.1 Å². The molecule has 12 aromatic rings. The molecule has 254 valence electrons. The van der Waals surface area contributed by atoms with Crippen LogP contribution in [0.1, 0.15) is 0 Å². The van der Waals surface area contributed by atoms with Crippen molar-refractivity contribution in [2.24, 2.45) is 0 Å². The first-order valence-corrected chi connectivity index (χ1v) is 19.4. The predicted octanol–water partition coefficient (Wildman–Crippen LogP) is 14.2. The second kappa shape index (κ2) is 11.7. The Labute approximate surface area is 319 Å². The third-order valence-electron chi connectivity index (χ3n) is 11.2. The first kappa shape index (κ1) is 30.5. The summed E-state index contributed by atoms with van der Waals surface area (Å²) in [5.74, 6) is 1.98. The van der Waals surface area contributed by atoms with Crippen molar-refractivity contribution in [3.63, 3.8) is 0 Å². The Hall–Kier alpha value is -7.01. The SMILES string of the molecule is c1ccc(-c2nc(-c3ccccc3)nc(-c3ccc4c(c3)c3ccccc3c3cc5sc6cc7c8ccccc8c8ccccc8c7cc6c5cc43)n2)cc1. The molecule has 2 aromatic heterocycles. The maximum absolute atomic E-state index is 5.06. The number of hydrogen-bond donors (Lipinski definition) is 0. The molecule has 0 aliphatic carbocycles. The van der Waals surface area contributed by atoms with Gasteiger partial charge < -0.3 is 0 Å². The van der Waals surface area contributed by atoms with Gasteiger partial charge in [0.2, 0.25) is 0 Å². The minimum absolute atomic E-state index is 0.657. The van der Waals surface area contributed by atoms with Gasteiger partial charge in [-0.25, -0.2) is 15.0 Å². The fourth-order valence-corrected chi connectivity index (χ4v) is 9.84. The minimum Gasteiger partial charge on any atom is -0.208 e. The molecular formula is C51H29N3S. The van der Waals surface area contributed by atoms with E-state index in [1.807, 2.05) is 47.7 Å². The molecule has 0 saturated carbocycles. The van der Waals surface area contributed by atoms with Gasteiger partial charge in [-0.3, -0.25) is 0 Å². The predicted molar refractivity (Wildman–Crippen MR) is 234 cm³/mol. The van der Waals surface area contributed by atoms with E-state index in [1.54, 1.807) is 0 Å². The first-order chi connectivity index (χ1) is 27.2. The summed E-state index contributed by atoms with van der Waals surface area (Å²) in [6, 6.07) is 63.3. The van der Waals surface area contributed by atoms with E-state index >= 15 is 0 Å². The second-order valence-electron chi connectivity index (χ2n) is 14.3. The van der Waals surface area contributed by atoms with Crippen LogP contribution in [0.2, 0.25) is 0 Å². The monoisotopic (exact) mass is 715 g/mol. The van der Waals surface area contributed by atoms with Crippen molar-refractivity contribution < 1.29 is 0 Å². The molecule has 0 unspecified atom stereocenters. The molecular weight excluding hydrogens is 687 g/mol. The number of benzene rings is 10. The standard InChI is InChI=1S/C51H29N3S/c1-3-13-30(14-4-1)49-52-50(31-15-5-2-6-16-31)54-51(53-49)32-23-24-39-40(25-32)37-21-11-12-22-38(37)44-29-48-46(27-42(39)44)45-26-41-35-19-9-7-17-33(35)34-18-8-10-20-36(34)43(41)28-47(45)55-48/h1-29H. The molecule has 0 spiro atoms. The molecule has 0 fully saturated rings. The third kappa shape index (κ3) is 4.65. The Morgan fingerprint density at radius 1 is 0.236 bits per heavy atom. The van der Waals surface area contributed by atoms with Crippen LogP contribution in [0.5, 0.6) is 0 Å². The fraction of sp³-hybridized carbons (Fsp3) is 0. The van der Waals surface area contributed by atoms with Crippen molar-refractivity contribution in [1.82, 2.24) is 15.0 Å². The molecule has 0 bridgehead atoms. The van der Waals surface area contributed by atoms with Crippen LogP contribution >= 0.6 is 11.3 Å². The van der Waals surface area contributed by atoms with Crippen molar-refractivity contribution in [2.75, 3.05) is 0 Å². The second-order valence-corrected chi connectivity index (χ2v) is 15.4. The maximum Gasteiger partial charge on any atom is 0.164 e. The highest BCUT2D eigenvalue weighted by atomic mass is 32.1. The van der Waals surface area contributed by atoms with E-state index in [4.69, 9.17) is 15.0 Å². The summed E-state index contributed by atoms with van der Waals surface area (Å²) in [6.45, 7) is 0. The van der Waals surface area contributed by atoms with E-state index in [-0.39, 0.29) is 0 Å². The lowest BCUT2D eigenvalue weighted by atomic mass is 9.91. The zero-order valence-corrected chi connectivity index (χ0v) is 30.3. The van der Waals surface area contributed by atoms with Gasteiger partial charge in [0.05, 0.1) is 0 Å². The van der Waals surface area contributed by atoms with Crippen LogP contribution in [0, 0.1) is 0 Å². The smallest absolute Gasteiger partial charge is 0.164 e. The van der Waals surface area contributed by atoms with E-state index in [0.29, 0.717) is 17.5 Å². The van der Waals surface area contributed by atoms with E-state index < -0.39 is 0 Å². The van der Waals surface area contributed by atoms with Gasteiger partial charge in [-0.1, -0.05) is 146 Å². The Bertz CT molecular complexity index is 3480. The molecule has 2 heterocycles. The van der Waals surface area contributed by atoms with Gasteiger partial charge in [-0.2, -0.15) is 0 Å². The Kier molecular flexibility index (Phi) is 6.50. The zero-order valence-electron chi connectivity index (χ0n) is 29.5. The van der Waals surface area contributed by atoms with Gasteiger partial charge in [-0.05, 0) is 95.0 Å². The van der Waals surface area contributed by atoms with E-state index in [1.165, 1.54) is 84.8 Å². The molecule has 0 aliphatic rings. The molecule has 0 N–H and O–H groups in total. The molecule has 0 aliphatic heterocycles. The molecule has 12 rings (SSSR count). The Morgan fingerprint density at radius 2 is 0.564 bits per heavy atom. The largest absolute Gasteiger partial charge is 0.208 e. The summed E-state index contributed by atoms with van der Waals surface area (Å²) in [4.78, 5) is 15.1. The number of thiophene rings is 1. The highest BCUT2D eigenvalue weighted by molar-refractivity contribution is 7.26. The molecule has 10 aromatic carbocycles. The molecule has 4 heteroatoms. The molecule has 3 nitrogen and oxygen atoms in total. The van der Waals surface area contributed by atoms with Crippen molar-refractivity contribution in [2.45, 2.75) is 0 Å². The number of aromatic nitrogens is 3. The van der Waals surface area contributed by atoms with Crippen molar-refractivity contribution in [1.29, 1.82) is 0 Å². The lowest BCUT2D eigenvalue weighted by Crippen LogP contribution is -2.00. The fourth-order valence-electron chi connectivity index (χ4n) is 8.70. The van der Waals surface area contributed by atoms with Gasteiger partial charge in [0.15, 0.2) is 17.5 Å². The summed E-state index contributed by atoms with van der Waals surface area (Å²) in [7, 11) is 0. The lowest BCUT2D eigenvalue weighted by Gasteiger charge is -2.13. The Morgan fingerprint density at radius 3 is 1.00 bits per heavy atom. The normalized spacial score (nSPS) is 12.0. The summed E-state index contributed by atoms with van der Waals surface area (Å²) < 4.78 is 2.62. The highest BCUT2D eigenvalue weighted by Crippen LogP contribution is 2.45. The van der Waals surface area contributed by atoms with Crippen LogP contribution < -0.4 is 0 Å². The quantitative estimate of drug-likeness (QED) is 0.171. The topological polar surface area (TPSA) is 38.7 Å². The Balaban J connectivity index is 1.12. The summed E-state index contributed by atoms with van der Waals surface area (Å²) in [5, 5.41) is 17.8. The van der Waals surface area contributed by atoms with Gasteiger partial charge in [0.25, 0.3) is 0 Å². The molecule has 0 saturated heterocycles. The van der Waals surface area contributed by atoms with Crippen molar-refractivity contribution in [3.05, 3.63) is 176 Å². The molecule has 0 atom stereocenters. The van der Waals surface area contributed by atoms with Gasteiger partial charge >= 0.3 is 0 Å². The van der Waals surface area contributed by atoms with Gasteiger partial charge in [-0.15, -0.1) is 11.3 Å². The highest BCUT2D eigenvalue weighted by Gasteiger charge is 2.18. The van der Waals surface area contributed by atoms with Crippen LogP contribution in [0.25, 0.3) is 119 Å². The average molecular weight is 716 g/mol. The number of fused-ring (bicyclic) bond motifs is 15. The van der Waals surface area contributed by atoms with Gasteiger partial charge in [0.1, 0.15) is 0 Å². The zero-order chi connectivity index (χ0) is 36.0. The molecule has 55 heavy (non-hydrogen) atoms. The van der Waals surface area contributed by atoms with Crippen LogP contribution in [0.3, 0.4) is 0 Å². The van der Waals surface area contributed by atoms with Crippen LogP contribution in [-0.4, -0.2) is 15.0 Å². The van der Waals surface area contributed by atoms with Gasteiger partial charge in [0, 0.05) is 36.9 Å². The van der Waals surface area contributed by atoms with Crippen LogP contribution in [0.15, 0.2) is 176 Å². The van der Waals surface area contributed by atoms with Crippen LogP contribution in [-0.2, 0) is 0 Å². The summed E-state index contributed by atoms with van der Waals surface area (Å²) in [6.07, 6.45) is 0. The first-order valence-electron chi connectivity index (χ1n) is 18.6. The maximum atomic E-state index is 5.06. The minimum atomic E-state index is 0.657. The number of rotatable bonds is 3. The van der Waals surface area contributed by atoms with Crippen molar-refractivity contribution in [3.8, 4) is 34.2 Å².